The fourth-order valence-electron chi connectivity index (χ4n) is 3.15. The summed E-state index contributed by atoms with van der Waals surface area (Å²) < 4.78 is 15.5. The molecule has 0 atom stereocenters. The molecule has 1 heterocycles. The highest BCUT2D eigenvalue weighted by Gasteiger charge is 2.04. The van der Waals surface area contributed by atoms with E-state index < -0.39 is 0 Å². The van der Waals surface area contributed by atoms with Crippen molar-refractivity contribution < 1.29 is 4.39 Å². The van der Waals surface area contributed by atoms with Crippen molar-refractivity contribution in [3.05, 3.63) is 100 Å². The number of benzene rings is 3. The van der Waals surface area contributed by atoms with Gasteiger partial charge in [0, 0.05) is 34.9 Å². The Labute approximate surface area is 162 Å². The van der Waals surface area contributed by atoms with E-state index in [9.17, 15) is 4.39 Å². The minimum atomic E-state index is -0.209. The third-order valence-corrected chi connectivity index (χ3v) is 5.04. The topological polar surface area (TPSA) is 17.3 Å². The van der Waals surface area contributed by atoms with Gasteiger partial charge in [-0.2, -0.15) is 0 Å². The van der Waals surface area contributed by atoms with E-state index in [1.54, 1.807) is 12.1 Å². The van der Waals surface area contributed by atoms with Crippen molar-refractivity contribution in [3.63, 3.8) is 0 Å². The molecule has 0 spiro atoms. The molecule has 0 saturated carbocycles. The molecule has 0 bridgehead atoms. The summed E-state index contributed by atoms with van der Waals surface area (Å²) in [7, 11) is 0. The summed E-state index contributed by atoms with van der Waals surface area (Å²) in [6.45, 7) is 2.60. The van der Waals surface area contributed by atoms with Gasteiger partial charge >= 0.3 is 0 Å². The van der Waals surface area contributed by atoms with E-state index in [0.29, 0.717) is 6.54 Å². The van der Waals surface area contributed by atoms with Gasteiger partial charge in [-0.15, -0.1) is 0 Å². The lowest BCUT2D eigenvalue weighted by molar-refractivity contribution is 0.624. The lowest BCUT2D eigenvalue weighted by atomic mass is 10.1. The molecule has 134 valence electrons. The quantitative estimate of drug-likeness (QED) is 0.360. The molecule has 0 radical (unpaired) electrons. The summed E-state index contributed by atoms with van der Waals surface area (Å²) in [4.78, 5) is 4.57. The van der Waals surface area contributed by atoms with Crippen LogP contribution in [-0.2, 0) is 6.54 Å². The van der Waals surface area contributed by atoms with Crippen LogP contribution in [0.3, 0.4) is 0 Å². The Morgan fingerprint density at radius 2 is 1.89 bits per heavy atom. The van der Waals surface area contributed by atoms with E-state index in [0.717, 1.165) is 38.3 Å². The van der Waals surface area contributed by atoms with Crippen molar-refractivity contribution in [2.75, 3.05) is 0 Å². The first-order valence-corrected chi connectivity index (χ1v) is 9.10. The summed E-state index contributed by atoms with van der Waals surface area (Å²) in [5.74, 6) is -0.209. The van der Waals surface area contributed by atoms with E-state index in [4.69, 9.17) is 11.6 Å². The second-order valence-electron chi connectivity index (χ2n) is 6.53. The van der Waals surface area contributed by atoms with Crippen LogP contribution in [0.2, 0.25) is 5.02 Å². The van der Waals surface area contributed by atoms with Crippen molar-refractivity contribution >= 4 is 34.4 Å². The van der Waals surface area contributed by atoms with E-state index in [-0.39, 0.29) is 5.82 Å². The summed E-state index contributed by atoms with van der Waals surface area (Å²) in [5, 5.41) is 1.84. The second kappa shape index (κ2) is 7.37. The molecule has 0 amide bonds. The Morgan fingerprint density at radius 3 is 2.74 bits per heavy atom. The van der Waals surface area contributed by atoms with Crippen molar-refractivity contribution in [2.24, 2.45) is 4.99 Å². The Balaban J connectivity index is 1.60. The van der Waals surface area contributed by atoms with Gasteiger partial charge < -0.3 is 4.57 Å². The van der Waals surface area contributed by atoms with Gasteiger partial charge in [0.25, 0.3) is 0 Å². The summed E-state index contributed by atoms with van der Waals surface area (Å²) in [6, 6.07) is 20.7. The average Bonchev–Trinajstić information content (AvgIpc) is 3.05. The zero-order valence-corrected chi connectivity index (χ0v) is 15.6. The Bertz CT molecular complexity index is 1140. The average molecular weight is 377 g/mol. The molecule has 4 rings (SSSR count). The van der Waals surface area contributed by atoms with E-state index in [1.807, 2.05) is 49.7 Å². The summed E-state index contributed by atoms with van der Waals surface area (Å²) in [6.07, 6.45) is 3.87. The number of aliphatic imine (C=N–C) groups is 1. The highest BCUT2D eigenvalue weighted by molar-refractivity contribution is 6.31. The maximum absolute atomic E-state index is 13.4. The molecule has 4 heteroatoms. The molecule has 0 unspecified atom stereocenters. The molecular weight excluding hydrogens is 359 g/mol. The van der Waals surface area contributed by atoms with Crippen molar-refractivity contribution in [2.45, 2.75) is 13.5 Å². The van der Waals surface area contributed by atoms with Crippen molar-refractivity contribution in [3.8, 4) is 0 Å². The number of fused-ring (bicyclic) bond motifs is 1. The largest absolute Gasteiger partial charge is 0.343 e. The monoisotopic (exact) mass is 376 g/mol. The van der Waals surface area contributed by atoms with Crippen LogP contribution in [0.15, 0.2) is 77.9 Å². The lowest BCUT2D eigenvalue weighted by Gasteiger charge is -2.06. The van der Waals surface area contributed by atoms with Crippen LogP contribution in [0.25, 0.3) is 10.9 Å². The number of hydrogen-bond donors (Lipinski definition) is 0. The van der Waals surface area contributed by atoms with Crippen molar-refractivity contribution in [1.82, 2.24) is 4.57 Å². The van der Waals surface area contributed by atoms with Gasteiger partial charge in [0.2, 0.25) is 0 Å². The minimum absolute atomic E-state index is 0.209. The van der Waals surface area contributed by atoms with E-state index in [2.05, 4.69) is 27.8 Å². The molecule has 0 aliphatic heterocycles. The third-order valence-electron chi connectivity index (χ3n) is 4.63. The third kappa shape index (κ3) is 3.79. The molecule has 0 aliphatic carbocycles. The first-order chi connectivity index (χ1) is 13.1. The predicted octanol–water partition coefficient (Wildman–Crippen LogP) is 6.54. The molecule has 3 aromatic carbocycles. The minimum Gasteiger partial charge on any atom is -0.343 e. The van der Waals surface area contributed by atoms with Crippen LogP contribution < -0.4 is 0 Å². The number of hydrogen-bond acceptors (Lipinski definition) is 1. The van der Waals surface area contributed by atoms with E-state index in [1.165, 1.54) is 6.07 Å². The van der Waals surface area contributed by atoms with Gasteiger partial charge in [-0.1, -0.05) is 35.9 Å². The van der Waals surface area contributed by atoms with Crippen LogP contribution in [0, 0.1) is 12.7 Å². The first kappa shape index (κ1) is 17.5. The van der Waals surface area contributed by atoms with Gasteiger partial charge in [0.15, 0.2) is 0 Å². The number of halogens is 2. The zero-order chi connectivity index (χ0) is 18.8. The van der Waals surface area contributed by atoms with Crippen LogP contribution in [0.1, 0.15) is 16.7 Å². The molecular formula is C23H18ClFN2. The highest BCUT2D eigenvalue weighted by Crippen LogP contribution is 2.25. The molecule has 0 aliphatic rings. The Kier molecular flexibility index (Phi) is 4.78. The fourth-order valence-corrected chi connectivity index (χ4v) is 3.32. The van der Waals surface area contributed by atoms with Crippen LogP contribution >= 0.6 is 11.6 Å². The molecule has 27 heavy (non-hydrogen) atoms. The van der Waals surface area contributed by atoms with Crippen LogP contribution in [0.5, 0.6) is 0 Å². The zero-order valence-electron chi connectivity index (χ0n) is 14.9. The normalized spacial score (nSPS) is 11.5. The molecule has 0 fully saturated rings. The number of rotatable bonds is 4. The second-order valence-corrected chi connectivity index (χ2v) is 6.94. The number of aromatic nitrogens is 1. The van der Waals surface area contributed by atoms with Crippen molar-refractivity contribution in [1.29, 1.82) is 0 Å². The van der Waals surface area contributed by atoms with Gasteiger partial charge in [0.1, 0.15) is 5.82 Å². The fraction of sp³-hybridized carbons (Fsp3) is 0.0870. The van der Waals surface area contributed by atoms with Gasteiger partial charge in [-0.05, 0) is 66.1 Å². The molecule has 4 aromatic rings. The first-order valence-electron chi connectivity index (χ1n) is 8.73. The van der Waals surface area contributed by atoms with Gasteiger partial charge in [-0.3, -0.25) is 4.99 Å². The molecule has 2 nitrogen and oxygen atoms in total. The van der Waals surface area contributed by atoms with Crippen LogP contribution in [0.4, 0.5) is 10.1 Å². The molecule has 1 aromatic heterocycles. The maximum Gasteiger partial charge on any atom is 0.123 e. The molecule has 0 N–H and O–H groups in total. The number of nitrogens with zero attached hydrogens (tertiary/aromatic N) is 2. The standard InChI is InChI=1S/C23H18ClFN2/c1-16-21(24)6-3-7-22(16)26-14-17-8-9-23-19(12-17)10-11-27(23)15-18-4-2-5-20(25)13-18/h2-14H,15H2,1H3. The SMILES string of the molecule is Cc1c(Cl)cccc1N=Cc1ccc2c(ccn2Cc2cccc(F)c2)c1. The lowest BCUT2D eigenvalue weighted by Crippen LogP contribution is -1.98. The maximum atomic E-state index is 13.4. The van der Waals surface area contributed by atoms with Crippen LogP contribution in [-0.4, -0.2) is 10.8 Å². The highest BCUT2D eigenvalue weighted by atomic mass is 35.5. The predicted molar refractivity (Wildman–Crippen MR) is 111 cm³/mol. The van der Waals surface area contributed by atoms with E-state index >= 15 is 0 Å². The Hall–Kier alpha value is -2.91. The summed E-state index contributed by atoms with van der Waals surface area (Å²) in [5.41, 5.74) is 4.90. The van der Waals surface area contributed by atoms with Gasteiger partial charge in [-0.25, -0.2) is 4.39 Å². The van der Waals surface area contributed by atoms with Gasteiger partial charge in [0.05, 0.1) is 5.69 Å². The Morgan fingerprint density at radius 1 is 1.04 bits per heavy atom. The summed E-state index contributed by atoms with van der Waals surface area (Å²) >= 11 is 6.15. The smallest absolute Gasteiger partial charge is 0.123 e. The molecule has 0 saturated heterocycles.